The maximum atomic E-state index is 11.0. The molecule has 90 valence electrons. The summed E-state index contributed by atoms with van der Waals surface area (Å²) >= 11 is 0. The summed E-state index contributed by atoms with van der Waals surface area (Å²) in [6.45, 7) is 2.19. The monoisotopic (exact) mass is 231 g/mol. The zero-order valence-corrected chi connectivity index (χ0v) is 9.83. The van der Waals surface area contributed by atoms with Gasteiger partial charge in [0.05, 0.1) is 5.56 Å². The van der Waals surface area contributed by atoms with Crippen LogP contribution in [0.4, 0.5) is 0 Å². The fraction of sp³-hybridized carbons (Fsp3) is 0.500. The number of nitrogens with one attached hydrogen (secondary N) is 1. The Hall–Kier alpha value is -1.35. The molecular weight excluding hydrogens is 214 g/mol. The number of carboxylic acids is 1. The third kappa shape index (κ3) is 1.84. The number of aromatic carboxylic acids is 1. The quantitative estimate of drug-likeness (QED) is 0.775. The van der Waals surface area contributed by atoms with Crippen LogP contribution in [-0.2, 0) is 12.8 Å². The highest BCUT2D eigenvalue weighted by atomic mass is 16.4. The Morgan fingerprint density at radius 2 is 2.18 bits per heavy atom. The molecule has 1 aromatic carbocycles. The number of carbonyl (C=O) groups is 1. The van der Waals surface area contributed by atoms with Crippen molar-refractivity contribution in [3.05, 3.63) is 34.9 Å². The van der Waals surface area contributed by atoms with E-state index in [2.05, 4.69) is 5.32 Å². The summed E-state index contributed by atoms with van der Waals surface area (Å²) in [5.74, 6) is -0.822. The summed E-state index contributed by atoms with van der Waals surface area (Å²) in [5.41, 5.74) is 3.41. The molecule has 1 heterocycles. The van der Waals surface area contributed by atoms with E-state index in [0.717, 1.165) is 25.9 Å². The minimum Gasteiger partial charge on any atom is -0.478 e. The molecule has 0 saturated carbocycles. The normalized spacial score (nSPS) is 27.1. The average molecular weight is 231 g/mol. The van der Waals surface area contributed by atoms with Gasteiger partial charge in [0.25, 0.3) is 0 Å². The minimum absolute atomic E-state index is 0.393. The number of benzene rings is 1. The Kier molecular flexibility index (Phi) is 2.44. The molecule has 3 heteroatoms. The second-order valence-corrected chi connectivity index (χ2v) is 5.39. The molecule has 2 aliphatic rings. The first-order chi connectivity index (χ1) is 8.19. The third-order valence-corrected chi connectivity index (χ3v) is 4.28. The zero-order chi connectivity index (χ0) is 11.9. The van der Waals surface area contributed by atoms with Gasteiger partial charge in [-0.15, -0.1) is 0 Å². The molecule has 1 aliphatic carbocycles. The topological polar surface area (TPSA) is 49.3 Å². The predicted molar refractivity (Wildman–Crippen MR) is 65.3 cm³/mol. The molecule has 17 heavy (non-hydrogen) atoms. The molecule has 0 radical (unpaired) electrons. The fourth-order valence-electron chi connectivity index (χ4n) is 3.22. The molecular formula is C14H17NO2. The molecule has 1 spiro atoms. The maximum absolute atomic E-state index is 11.0. The van der Waals surface area contributed by atoms with Crippen LogP contribution in [0.3, 0.4) is 0 Å². The van der Waals surface area contributed by atoms with Crippen molar-refractivity contribution in [1.82, 2.24) is 5.32 Å². The van der Waals surface area contributed by atoms with Crippen molar-refractivity contribution in [2.45, 2.75) is 25.7 Å². The third-order valence-electron chi connectivity index (χ3n) is 4.28. The first-order valence-electron chi connectivity index (χ1n) is 6.24. The molecule has 1 saturated heterocycles. The lowest BCUT2D eigenvalue weighted by molar-refractivity contribution is 0.0696. The molecule has 2 N–H and O–H groups in total. The van der Waals surface area contributed by atoms with E-state index < -0.39 is 5.97 Å². The van der Waals surface area contributed by atoms with E-state index in [9.17, 15) is 4.79 Å². The van der Waals surface area contributed by atoms with E-state index in [-0.39, 0.29) is 0 Å². The highest BCUT2D eigenvalue weighted by molar-refractivity contribution is 5.87. The molecule has 0 aromatic heterocycles. The fourth-order valence-corrected chi connectivity index (χ4v) is 3.22. The van der Waals surface area contributed by atoms with E-state index in [0.29, 0.717) is 11.0 Å². The van der Waals surface area contributed by atoms with Gasteiger partial charge in [0.2, 0.25) is 0 Å². The van der Waals surface area contributed by atoms with Gasteiger partial charge in [-0.25, -0.2) is 4.79 Å². The Labute approximate surface area is 101 Å². The van der Waals surface area contributed by atoms with E-state index in [1.165, 1.54) is 24.0 Å². The van der Waals surface area contributed by atoms with Crippen LogP contribution in [-0.4, -0.2) is 24.2 Å². The van der Waals surface area contributed by atoms with Crippen LogP contribution in [0, 0.1) is 5.41 Å². The van der Waals surface area contributed by atoms with Gasteiger partial charge >= 0.3 is 5.97 Å². The highest BCUT2D eigenvalue weighted by Gasteiger charge is 2.36. The van der Waals surface area contributed by atoms with Crippen molar-refractivity contribution in [3.63, 3.8) is 0 Å². The summed E-state index contributed by atoms with van der Waals surface area (Å²) < 4.78 is 0. The van der Waals surface area contributed by atoms with Crippen molar-refractivity contribution in [3.8, 4) is 0 Å². The van der Waals surface area contributed by atoms with Gasteiger partial charge in [0, 0.05) is 6.54 Å². The van der Waals surface area contributed by atoms with Crippen LogP contribution in [0.15, 0.2) is 18.2 Å². The number of hydrogen-bond acceptors (Lipinski definition) is 2. The van der Waals surface area contributed by atoms with Gasteiger partial charge < -0.3 is 10.4 Å². The maximum Gasteiger partial charge on any atom is 0.335 e. The zero-order valence-electron chi connectivity index (χ0n) is 9.83. The number of hydrogen-bond donors (Lipinski definition) is 2. The number of rotatable bonds is 1. The lowest BCUT2D eigenvalue weighted by atomic mass is 9.71. The van der Waals surface area contributed by atoms with Crippen molar-refractivity contribution in [2.75, 3.05) is 13.1 Å². The molecule has 0 amide bonds. The Balaban J connectivity index is 1.94. The largest absolute Gasteiger partial charge is 0.478 e. The van der Waals surface area contributed by atoms with Gasteiger partial charge in [0.1, 0.15) is 0 Å². The summed E-state index contributed by atoms with van der Waals surface area (Å²) in [6, 6.07) is 5.59. The molecule has 0 unspecified atom stereocenters. The minimum atomic E-state index is -0.822. The van der Waals surface area contributed by atoms with E-state index in [4.69, 9.17) is 5.11 Å². The van der Waals surface area contributed by atoms with Crippen LogP contribution >= 0.6 is 0 Å². The molecule has 1 aromatic rings. The summed E-state index contributed by atoms with van der Waals surface area (Å²) in [5, 5.41) is 12.5. The van der Waals surface area contributed by atoms with Crippen molar-refractivity contribution < 1.29 is 9.90 Å². The number of carboxylic acid groups (broad SMARTS) is 1. The van der Waals surface area contributed by atoms with Crippen LogP contribution in [0.25, 0.3) is 0 Å². The Bertz CT molecular complexity index is 461. The van der Waals surface area contributed by atoms with Crippen molar-refractivity contribution >= 4 is 5.97 Å². The van der Waals surface area contributed by atoms with Gasteiger partial charge in [0.15, 0.2) is 0 Å². The smallest absolute Gasteiger partial charge is 0.335 e. The predicted octanol–water partition coefficient (Wildman–Crippen LogP) is 1.85. The van der Waals surface area contributed by atoms with Crippen molar-refractivity contribution in [2.24, 2.45) is 5.41 Å². The number of aryl methyl sites for hydroxylation is 1. The van der Waals surface area contributed by atoms with Crippen LogP contribution in [0.5, 0.6) is 0 Å². The Morgan fingerprint density at radius 1 is 1.29 bits per heavy atom. The van der Waals surface area contributed by atoms with Gasteiger partial charge in [-0.2, -0.15) is 0 Å². The van der Waals surface area contributed by atoms with Crippen LogP contribution < -0.4 is 5.32 Å². The molecule has 1 fully saturated rings. The average Bonchev–Trinajstić information content (AvgIpc) is 2.76. The lowest BCUT2D eigenvalue weighted by Crippen LogP contribution is -2.31. The van der Waals surface area contributed by atoms with E-state index in [1.54, 1.807) is 6.07 Å². The standard InChI is InChI=1S/C14H17NO2/c16-13(17)11-2-1-10-3-4-14(5-6-15-9-14)8-12(10)7-11/h1-2,7,15H,3-6,8-9H2,(H,16,17)/t14-/m0/s1. The first-order valence-corrected chi connectivity index (χ1v) is 6.24. The van der Waals surface area contributed by atoms with E-state index >= 15 is 0 Å². The van der Waals surface area contributed by atoms with Gasteiger partial charge in [-0.3, -0.25) is 0 Å². The molecule has 3 rings (SSSR count). The molecule has 1 atom stereocenters. The van der Waals surface area contributed by atoms with Gasteiger partial charge in [-0.1, -0.05) is 6.07 Å². The number of fused-ring (bicyclic) bond motifs is 1. The van der Waals surface area contributed by atoms with E-state index in [1.807, 2.05) is 12.1 Å². The SMILES string of the molecule is O=C(O)c1ccc2c(c1)C[C@@]1(CCNC1)CC2. The second-order valence-electron chi connectivity index (χ2n) is 5.39. The lowest BCUT2D eigenvalue weighted by Gasteiger charge is -2.34. The highest BCUT2D eigenvalue weighted by Crippen LogP contribution is 2.40. The molecule has 1 aliphatic heterocycles. The van der Waals surface area contributed by atoms with Crippen LogP contribution in [0.1, 0.15) is 34.3 Å². The van der Waals surface area contributed by atoms with Crippen molar-refractivity contribution in [1.29, 1.82) is 0 Å². The molecule has 3 nitrogen and oxygen atoms in total. The summed E-state index contributed by atoms with van der Waals surface area (Å²) in [6.07, 6.45) is 4.59. The molecule has 0 bridgehead atoms. The first kappa shape index (κ1) is 10.8. The summed E-state index contributed by atoms with van der Waals surface area (Å²) in [4.78, 5) is 11.0. The second kappa shape index (κ2) is 3.84. The van der Waals surface area contributed by atoms with Gasteiger partial charge in [-0.05, 0) is 60.9 Å². The Morgan fingerprint density at radius 3 is 2.88 bits per heavy atom. The summed E-state index contributed by atoms with van der Waals surface area (Å²) in [7, 11) is 0. The van der Waals surface area contributed by atoms with Crippen LogP contribution in [0.2, 0.25) is 0 Å².